The Hall–Kier alpha value is -2.67. The second kappa shape index (κ2) is 7.70. The van der Waals surface area contributed by atoms with Gasteiger partial charge in [-0.1, -0.05) is 18.2 Å². The van der Waals surface area contributed by atoms with Crippen molar-refractivity contribution in [2.75, 3.05) is 43.5 Å². The molecular formula is C19H25N5O2. The molecule has 1 fully saturated rings. The summed E-state index contributed by atoms with van der Waals surface area (Å²) >= 11 is 0. The van der Waals surface area contributed by atoms with E-state index in [0.717, 1.165) is 24.6 Å². The van der Waals surface area contributed by atoms with E-state index in [1.807, 2.05) is 48.2 Å². The molecule has 1 saturated heterocycles. The Morgan fingerprint density at radius 1 is 1.31 bits per heavy atom. The van der Waals surface area contributed by atoms with Gasteiger partial charge in [-0.15, -0.1) is 0 Å². The van der Waals surface area contributed by atoms with Gasteiger partial charge in [0, 0.05) is 45.4 Å². The molecule has 0 spiro atoms. The van der Waals surface area contributed by atoms with Crippen LogP contribution in [0.4, 0.5) is 11.6 Å². The molecular weight excluding hydrogens is 330 g/mol. The summed E-state index contributed by atoms with van der Waals surface area (Å²) in [7, 11) is 3.86. The smallest absolute Gasteiger partial charge is 0.251 e. The summed E-state index contributed by atoms with van der Waals surface area (Å²) in [6.45, 7) is 1.45. The highest BCUT2D eigenvalue weighted by Crippen LogP contribution is 2.25. The minimum Gasteiger partial charge on any atom is -0.386 e. The van der Waals surface area contributed by atoms with Crippen molar-refractivity contribution in [1.82, 2.24) is 15.3 Å². The molecule has 1 aromatic heterocycles. The first-order valence-electron chi connectivity index (χ1n) is 8.77. The van der Waals surface area contributed by atoms with Gasteiger partial charge >= 0.3 is 0 Å². The van der Waals surface area contributed by atoms with Crippen molar-refractivity contribution in [3.8, 4) is 0 Å². The summed E-state index contributed by atoms with van der Waals surface area (Å²) in [5.41, 5.74) is -0.387. The van der Waals surface area contributed by atoms with E-state index < -0.39 is 5.60 Å². The van der Waals surface area contributed by atoms with Gasteiger partial charge in [-0.25, -0.2) is 9.97 Å². The van der Waals surface area contributed by atoms with Crippen molar-refractivity contribution in [3.05, 3.63) is 48.3 Å². The van der Waals surface area contributed by atoms with Crippen LogP contribution < -0.4 is 15.1 Å². The number of hydrogen-bond acceptors (Lipinski definition) is 6. The highest BCUT2D eigenvalue weighted by atomic mass is 16.3. The molecule has 0 bridgehead atoms. The molecule has 0 aliphatic carbocycles. The van der Waals surface area contributed by atoms with E-state index >= 15 is 0 Å². The Morgan fingerprint density at radius 2 is 2.08 bits per heavy atom. The first-order chi connectivity index (χ1) is 12.5. The van der Waals surface area contributed by atoms with Crippen LogP contribution in [-0.2, 0) is 0 Å². The average Bonchev–Trinajstić information content (AvgIpc) is 2.67. The summed E-state index contributed by atoms with van der Waals surface area (Å²) in [5, 5.41) is 13.8. The number of aliphatic hydroxyl groups is 1. The van der Waals surface area contributed by atoms with Crippen LogP contribution in [0.1, 0.15) is 23.2 Å². The van der Waals surface area contributed by atoms with Crippen molar-refractivity contribution < 1.29 is 9.90 Å². The molecule has 7 heteroatoms. The summed E-state index contributed by atoms with van der Waals surface area (Å²) in [5.74, 6) is 1.44. The molecule has 138 valence electrons. The van der Waals surface area contributed by atoms with Crippen LogP contribution >= 0.6 is 0 Å². The Bertz CT molecular complexity index is 753. The van der Waals surface area contributed by atoms with Crippen LogP contribution in [0.3, 0.4) is 0 Å². The minimum atomic E-state index is -0.980. The fourth-order valence-electron chi connectivity index (χ4n) is 3.14. The van der Waals surface area contributed by atoms with Gasteiger partial charge in [-0.2, -0.15) is 0 Å². The summed E-state index contributed by atoms with van der Waals surface area (Å²) < 4.78 is 0. The van der Waals surface area contributed by atoms with Crippen molar-refractivity contribution in [3.63, 3.8) is 0 Å². The average molecular weight is 355 g/mol. The van der Waals surface area contributed by atoms with Crippen LogP contribution in [0.5, 0.6) is 0 Å². The maximum absolute atomic E-state index is 12.2. The Morgan fingerprint density at radius 3 is 2.81 bits per heavy atom. The van der Waals surface area contributed by atoms with Crippen molar-refractivity contribution in [2.24, 2.45) is 0 Å². The number of piperidine rings is 1. The highest BCUT2D eigenvalue weighted by molar-refractivity contribution is 5.94. The number of nitrogens with one attached hydrogen (secondary N) is 1. The van der Waals surface area contributed by atoms with Gasteiger partial charge in [0.05, 0.1) is 5.60 Å². The second-order valence-corrected chi connectivity index (χ2v) is 6.93. The molecule has 1 atom stereocenters. The van der Waals surface area contributed by atoms with E-state index in [1.54, 1.807) is 12.1 Å². The van der Waals surface area contributed by atoms with Crippen molar-refractivity contribution in [2.45, 2.75) is 18.4 Å². The lowest BCUT2D eigenvalue weighted by atomic mass is 9.92. The van der Waals surface area contributed by atoms with E-state index in [0.29, 0.717) is 18.5 Å². The van der Waals surface area contributed by atoms with Crippen LogP contribution in [0.15, 0.2) is 42.7 Å². The maximum atomic E-state index is 12.2. The number of benzene rings is 1. The zero-order valence-corrected chi connectivity index (χ0v) is 15.2. The third kappa shape index (κ3) is 4.29. The summed E-state index contributed by atoms with van der Waals surface area (Å²) in [4.78, 5) is 24.8. The molecule has 2 heterocycles. The molecule has 0 saturated carbocycles. The quantitative estimate of drug-likeness (QED) is 0.841. The molecule has 3 rings (SSSR count). The van der Waals surface area contributed by atoms with Gasteiger partial charge in [0.2, 0.25) is 0 Å². The topological polar surface area (TPSA) is 81.6 Å². The number of nitrogens with zero attached hydrogens (tertiary/aromatic N) is 4. The summed E-state index contributed by atoms with van der Waals surface area (Å²) in [6.07, 6.45) is 3.01. The number of amides is 1. The first-order valence-corrected chi connectivity index (χ1v) is 8.77. The van der Waals surface area contributed by atoms with Crippen molar-refractivity contribution in [1.29, 1.82) is 0 Å². The van der Waals surface area contributed by atoms with Gasteiger partial charge in [0.1, 0.15) is 18.0 Å². The minimum absolute atomic E-state index is 0.173. The molecule has 2 N–H and O–H groups in total. The van der Waals surface area contributed by atoms with E-state index in [1.165, 1.54) is 6.33 Å². The fraction of sp³-hybridized carbons (Fsp3) is 0.421. The zero-order chi connectivity index (χ0) is 18.6. The third-order valence-corrected chi connectivity index (χ3v) is 4.59. The Kier molecular flexibility index (Phi) is 5.37. The lowest BCUT2D eigenvalue weighted by molar-refractivity contribution is 0.0254. The Labute approximate surface area is 153 Å². The number of anilines is 2. The lowest BCUT2D eigenvalue weighted by Gasteiger charge is -2.40. The number of aromatic nitrogens is 2. The zero-order valence-electron chi connectivity index (χ0n) is 15.2. The monoisotopic (exact) mass is 355 g/mol. The molecule has 1 unspecified atom stereocenters. The SMILES string of the molecule is CN(C)c1cc(N2CCCC(O)(CNC(=O)c3ccccc3)C2)ncn1. The first kappa shape index (κ1) is 18.1. The molecule has 26 heavy (non-hydrogen) atoms. The molecule has 2 aromatic rings. The Balaban J connectivity index is 1.65. The highest BCUT2D eigenvalue weighted by Gasteiger charge is 2.34. The van der Waals surface area contributed by atoms with E-state index in [2.05, 4.69) is 15.3 Å². The van der Waals surface area contributed by atoms with Gasteiger partial charge in [-0.05, 0) is 25.0 Å². The molecule has 1 amide bonds. The van der Waals surface area contributed by atoms with E-state index in [4.69, 9.17) is 0 Å². The molecule has 7 nitrogen and oxygen atoms in total. The van der Waals surface area contributed by atoms with Crippen LogP contribution in [0.25, 0.3) is 0 Å². The van der Waals surface area contributed by atoms with Crippen LogP contribution in [-0.4, -0.2) is 60.3 Å². The number of carbonyl (C=O) groups is 1. The number of rotatable bonds is 5. The van der Waals surface area contributed by atoms with Gasteiger partial charge in [0.15, 0.2) is 0 Å². The molecule has 1 aliphatic heterocycles. The standard InChI is InChI=1S/C19H25N5O2/c1-23(2)16-11-17(22-14-21-16)24-10-6-9-19(26,13-24)12-20-18(25)15-7-4-3-5-8-15/h3-5,7-8,11,14,26H,6,9-10,12-13H2,1-2H3,(H,20,25). The predicted octanol–water partition coefficient (Wildman–Crippen LogP) is 1.30. The van der Waals surface area contributed by atoms with Gasteiger partial charge < -0.3 is 20.2 Å². The molecule has 0 radical (unpaired) electrons. The van der Waals surface area contributed by atoms with Crippen LogP contribution in [0, 0.1) is 0 Å². The van der Waals surface area contributed by atoms with Crippen LogP contribution in [0.2, 0.25) is 0 Å². The molecule has 1 aliphatic rings. The predicted molar refractivity (Wildman–Crippen MR) is 102 cm³/mol. The largest absolute Gasteiger partial charge is 0.386 e. The number of carbonyl (C=O) groups excluding carboxylic acids is 1. The van der Waals surface area contributed by atoms with Gasteiger partial charge in [0.25, 0.3) is 5.91 Å². The number of β-amino-alcohol motifs (C(OH)–C–C–N with tert-alkyl or cyclic N) is 1. The molecule has 1 aromatic carbocycles. The maximum Gasteiger partial charge on any atom is 0.251 e. The third-order valence-electron chi connectivity index (χ3n) is 4.59. The lowest BCUT2D eigenvalue weighted by Crippen LogP contribution is -2.54. The summed E-state index contributed by atoms with van der Waals surface area (Å²) in [6, 6.07) is 10.9. The van der Waals surface area contributed by atoms with E-state index in [-0.39, 0.29) is 12.5 Å². The van der Waals surface area contributed by atoms with Gasteiger partial charge in [-0.3, -0.25) is 4.79 Å². The normalized spacial score (nSPS) is 19.9. The number of hydrogen-bond donors (Lipinski definition) is 2. The fourth-order valence-corrected chi connectivity index (χ4v) is 3.14. The van der Waals surface area contributed by atoms with Crippen molar-refractivity contribution >= 4 is 17.5 Å². The second-order valence-electron chi connectivity index (χ2n) is 6.93. The van der Waals surface area contributed by atoms with E-state index in [9.17, 15) is 9.90 Å².